The lowest BCUT2D eigenvalue weighted by Crippen LogP contribution is -2.06. The van der Waals surface area contributed by atoms with Crippen LogP contribution in [-0.4, -0.2) is 0 Å². The number of nitrogens with two attached hydrogens (primary N) is 1. The number of nitrogens with one attached hydrogen (secondary N) is 1. The Labute approximate surface area is 132 Å². The third-order valence-corrected chi connectivity index (χ3v) is 3.68. The van der Waals surface area contributed by atoms with E-state index < -0.39 is 17.6 Å². The van der Waals surface area contributed by atoms with E-state index in [1.54, 1.807) is 0 Å². The molecule has 2 nitrogen and oxygen atoms in total. The van der Waals surface area contributed by atoms with E-state index in [2.05, 4.69) is 5.32 Å². The molecule has 0 spiro atoms. The minimum Gasteiger partial charge on any atom is -0.397 e. The predicted molar refractivity (Wildman–Crippen MR) is 82.3 cm³/mol. The van der Waals surface area contributed by atoms with Gasteiger partial charge in [-0.2, -0.15) is 13.2 Å². The molecule has 0 atom stereocenters. The maximum Gasteiger partial charge on any atom is 0.416 e. The molecule has 0 fully saturated rings. The first-order chi connectivity index (χ1) is 9.77. The van der Waals surface area contributed by atoms with Crippen molar-refractivity contribution < 1.29 is 17.6 Å². The Hall–Kier alpha value is -1.51. The number of halogens is 5. The molecular formula is C14H11F4IN2. The van der Waals surface area contributed by atoms with E-state index in [1.165, 1.54) is 24.3 Å². The van der Waals surface area contributed by atoms with E-state index in [4.69, 9.17) is 5.73 Å². The van der Waals surface area contributed by atoms with Gasteiger partial charge in [-0.25, -0.2) is 4.39 Å². The van der Waals surface area contributed by atoms with Crippen molar-refractivity contribution in [3.8, 4) is 0 Å². The first kappa shape index (κ1) is 15.9. The molecule has 2 aromatic carbocycles. The van der Waals surface area contributed by atoms with Gasteiger partial charge in [0.1, 0.15) is 5.82 Å². The number of benzene rings is 2. The van der Waals surface area contributed by atoms with Gasteiger partial charge in [-0.05, 0) is 46.4 Å². The number of hydrogen-bond acceptors (Lipinski definition) is 2. The number of anilines is 2. The molecule has 2 rings (SSSR count). The molecule has 0 heterocycles. The van der Waals surface area contributed by atoms with Crippen LogP contribution in [0.3, 0.4) is 0 Å². The van der Waals surface area contributed by atoms with Gasteiger partial charge in [-0.15, -0.1) is 0 Å². The topological polar surface area (TPSA) is 38.0 Å². The highest BCUT2D eigenvalue weighted by atomic mass is 127. The summed E-state index contributed by atoms with van der Waals surface area (Å²) in [5.41, 5.74) is 6.48. The minimum atomic E-state index is -4.35. The Morgan fingerprint density at radius 1 is 1.10 bits per heavy atom. The van der Waals surface area contributed by atoms with E-state index in [0.29, 0.717) is 20.5 Å². The number of hydrogen-bond donors (Lipinski definition) is 2. The van der Waals surface area contributed by atoms with Crippen LogP contribution in [0.4, 0.5) is 28.9 Å². The third-order valence-electron chi connectivity index (χ3n) is 2.86. The zero-order valence-corrected chi connectivity index (χ0v) is 12.8. The zero-order valence-electron chi connectivity index (χ0n) is 10.6. The van der Waals surface area contributed by atoms with Crippen LogP contribution in [0.15, 0.2) is 36.4 Å². The molecule has 0 saturated heterocycles. The van der Waals surface area contributed by atoms with Gasteiger partial charge in [0.05, 0.1) is 20.5 Å². The molecule has 3 N–H and O–H groups in total. The Bertz CT molecular complexity index is 639. The third kappa shape index (κ3) is 3.99. The molecule has 2 aromatic rings. The predicted octanol–water partition coefficient (Wildman–Crippen LogP) is 4.64. The first-order valence-electron chi connectivity index (χ1n) is 5.92. The fourth-order valence-electron chi connectivity index (χ4n) is 1.72. The van der Waals surface area contributed by atoms with Crippen molar-refractivity contribution in [3.05, 3.63) is 56.9 Å². The molecular weight excluding hydrogens is 399 g/mol. The molecule has 112 valence electrons. The quantitative estimate of drug-likeness (QED) is 0.440. The molecule has 0 radical (unpaired) electrons. The monoisotopic (exact) mass is 410 g/mol. The Morgan fingerprint density at radius 3 is 2.29 bits per heavy atom. The summed E-state index contributed by atoms with van der Waals surface area (Å²) in [5, 5.41) is 2.91. The highest BCUT2D eigenvalue weighted by molar-refractivity contribution is 14.1. The summed E-state index contributed by atoms with van der Waals surface area (Å²) in [6, 6.07) is 7.51. The second kappa shape index (κ2) is 6.08. The largest absolute Gasteiger partial charge is 0.416 e. The molecule has 0 unspecified atom stereocenters. The van der Waals surface area contributed by atoms with E-state index in [-0.39, 0.29) is 6.54 Å². The smallest absolute Gasteiger partial charge is 0.397 e. The van der Waals surface area contributed by atoms with E-state index >= 15 is 0 Å². The van der Waals surface area contributed by atoms with Gasteiger partial charge in [-0.3, -0.25) is 0 Å². The molecule has 7 heteroatoms. The van der Waals surface area contributed by atoms with Crippen LogP contribution in [0.25, 0.3) is 0 Å². The number of alkyl halides is 3. The van der Waals surface area contributed by atoms with Gasteiger partial charge in [0.2, 0.25) is 0 Å². The normalized spacial score (nSPS) is 11.5. The summed E-state index contributed by atoms with van der Waals surface area (Å²) in [6.45, 7) is 0.252. The fraction of sp³-hybridized carbons (Fsp3) is 0.143. The van der Waals surface area contributed by atoms with Crippen molar-refractivity contribution in [1.29, 1.82) is 0 Å². The highest BCUT2D eigenvalue weighted by Crippen LogP contribution is 2.29. The molecule has 0 aromatic heterocycles. The summed E-state index contributed by atoms with van der Waals surface area (Å²) >= 11 is 1.83. The van der Waals surface area contributed by atoms with Crippen LogP contribution in [0.2, 0.25) is 0 Å². The lowest BCUT2D eigenvalue weighted by Gasteiger charge is -2.11. The van der Waals surface area contributed by atoms with Gasteiger partial charge in [0, 0.05) is 12.6 Å². The molecule has 0 aliphatic carbocycles. The molecule has 0 aliphatic rings. The van der Waals surface area contributed by atoms with Crippen LogP contribution in [0.1, 0.15) is 11.1 Å². The average molecular weight is 410 g/mol. The van der Waals surface area contributed by atoms with Crippen LogP contribution in [-0.2, 0) is 12.7 Å². The summed E-state index contributed by atoms with van der Waals surface area (Å²) in [6.07, 6.45) is -4.35. The molecule has 0 bridgehead atoms. The van der Waals surface area contributed by atoms with Crippen LogP contribution >= 0.6 is 22.6 Å². The molecule has 0 saturated carbocycles. The van der Waals surface area contributed by atoms with E-state index in [9.17, 15) is 17.6 Å². The zero-order chi connectivity index (χ0) is 15.6. The molecule has 21 heavy (non-hydrogen) atoms. The van der Waals surface area contributed by atoms with Crippen molar-refractivity contribution >= 4 is 34.0 Å². The summed E-state index contributed by atoms with van der Waals surface area (Å²) in [5.74, 6) is -0.403. The lowest BCUT2D eigenvalue weighted by molar-refractivity contribution is -0.137. The Balaban J connectivity index is 2.08. The number of nitrogen functional groups attached to an aromatic ring is 1. The summed E-state index contributed by atoms with van der Waals surface area (Å²) in [4.78, 5) is 0. The van der Waals surface area contributed by atoms with Crippen molar-refractivity contribution in [2.75, 3.05) is 11.1 Å². The average Bonchev–Trinajstić information content (AvgIpc) is 2.41. The molecule has 0 amide bonds. The maximum atomic E-state index is 13.4. The van der Waals surface area contributed by atoms with Gasteiger partial charge in [0.15, 0.2) is 0 Å². The van der Waals surface area contributed by atoms with Crippen LogP contribution in [0.5, 0.6) is 0 Å². The van der Waals surface area contributed by atoms with E-state index in [0.717, 1.165) is 12.1 Å². The Kier molecular flexibility index (Phi) is 4.60. The summed E-state index contributed by atoms with van der Waals surface area (Å²) < 4.78 is 51.1. The maximum absolute atomic E-state index is 13.4. The van der Waals surface area contributed by atoms with Crippen LogP contribution < -0.4 is 11.1 Å². The van der Waals surface area contributed by atoms with Crippen molar-refractivity contribution in [3.63, 3.8) is 0 Å². The standard InChI is InChI=1S/C14H11F4IN2/c15-10-5-13(12(20)6-11(10)19)21-7-8-1-3-9(4-2-8)14(16,17)18/h1-6,21H,7,20H2. The van der Waals surface area contributed by atoms with Gasteiger partial charge >= 0.3 is 6.18 Å². The van der Waals surface area contributed by atoms with Gasteiger partial charge in [0.25, 0.3) is 0 Å². The van der Waals surface area contributed by atoms with Gasteiger partial charge in [-0.1, -0.05) is 12.1 Å². The summed E-state index contributed by atoms with van der Waals surface area (Å²) in [7, 11) is 0. The van der Waals surface area contributed by atoms with Crippen molar-refractivity contribution in [2.45, 2.75) is 12.7 Å². The fourth-order valence-corrected chi connectivity index (χ4v) is 2.22. The highest BCUT2D eigenvalue weighted by Gasteiger charge is 2.29. The minimum absolute atomic E-state index is 0.252. The van der Waals surface area contributed by atoms with Gasteiger partial charge < -0.3 is 11.1 Å². The van der Waals surface area contributed by atoms with Crippen molar-refractivity contribution in [2.24, 2.45) is 0 Å². The first-order valence-corrected chi connectivity index (χ1v) is 7.00. The SMILES string of the molecule is Nc1cc(I)c(F)cc1NCc1ccc(C(F)(F)F)cc1. The Morgan fingerprint density at radius 2 is 1.71 bits per heavy atom. The second-order valence-electron chi connectivity index (χ2n) is 4.40. The number of rotatable bonds is 3. The van der Waals surface area contributed by atoms with E-state index in [1.807, 2.05) is 22.6 Å². The van der Waals surface area contributed by atoms with Crippen molar-refractivity contribution in [1.82, 2.24) is 0 Å². The molecule has 0 aliphatic heterocycles. The second-order valence-corrected chi connectivity index (χ2v) is 5.56. The lowest BCUT2D eigenvalue weighted by atomic mass is 10.1. The van der Waals surface area contributed by atoms with Crippen LogP contribution in [0, 0.1) is 9.39 Å².